The number of benzene rings is 1. The number of carbonyl (C=O) groups excluding carboxylic acids is 1. The van der Waals surface area contributed by atoms with Crippen LogP contribution in [0.15, 0.2) is 27.6 Å². The van der Waals surface area contributed by atoms with Crippen LogP contribution in [0, 0.1) is 0 Å². The lowest BCUT2D eigenvalue weighted by Crippen LogP contribution is -2.13. The maximum atomic E-state index is 10.5. The first kappa shape index (κ1) is 10.4. The van der Waals surface area contributed by atoms with Crippen molar-refractivity contribution in [3.05, 3.63) is 22.7 Å². The van der Waals surface area contributed by atoms with Gasteiger partial charge in [-0.05, 0) is 18.2 Å². The van der Waals surface area contributed by atoms with Crippen LogP contribution in [0.5, 0.6) is 0 Å². The van der Waals surface area contributed by atoms with Crippen LogP contribution in [0.3, 0.4) is 0 Å². The summed E-state index contributed by atoms with van der Waals surface area (Å²) in [4.78, 5) is 11.4. The van der Waals surface area contributed by atoms with Gasteiger partial charge >= 0.3 is 0 Å². The highest BCUT2D eigenvalue weighted by Crippen LogP contribution is 2.27. The Morgan fingerprint density at radius 2 is 2.23 bits per heavy atom. The molecule has 1 aromatic rings. The van der Waals surface area contributed by atoms with Crippen molar-refractivity contribution in [1.29, 1.82) is 0 Å². The molecule has 0 bridgehead atoms. The van der Waals surface area contributed by atoms with Crippen molar-refractivity contribution in [2.24, 2.45) is 5.73 Å². The molecule has 0 aliphatic carbocycles. The molecule has 0 heterocycles. The highest BCUT2D eigenvalue weighted by molar-refractivity contribution is 9.10. The molecule has 0 fully saturated rings. The smallest absolute Gasteiger partial charge is 0.227 e. The third-order valence-corrected chi connectivity index (χ3v) is 2.95. The van der Waals surface area contributed by atoms with Crippen LogP contribution in [0.4, 0.5) is 5.69 Å². The van der Waals surface area contributed by atoms with E-state index in [0.29, 0.717) is 5.69 Å². The summed E-state index contributed by atoms with van der Waals surface area (Å²) >= 11 is 4.64. The molecular formula is C8H9BrN2OS. The zero-order valence-electron chi connectivity index (χ0n) is 6.79. The van der Waals surface area contributed by atoms with E-state index in [2.05, 4.69) is 15.9 Å². The molecule has 0 spiro atoms. The Morgan fingerprint density at radius 1 is 1.54 bits per heavy atom. The van der Waals surface area contributed by atoms with Crippen LogP contribution in [0.25, 0.3) is 0 Å². The van der Waals surface area contributed by atoms with Crippen molar-refractivity contribution in [2.75, 3.05) is 11.5 Å². The minimum Gasteiger partial charge on any atom is -0.398 e. The van der Waals surface area contributed by atoms with Gasteiger partial charge in [-0.25, -0.2) is 0 Å². The second-order valence-electron chi connectivity index (χ2n) is 2.44. The normalized spacial score (nSPS) is 9.92. The molecule has 5 heteroatoms. The number of halogens is 1. The van der Waals surface area contributed by atoms with Crippen LogP contribution in [0.1, 0.15) is 0 Å². The molecule has 0 radical (unpaired) electrons. The van der Waals surface area contributed by atoms with Crippen molar-refractivity contribution in [1.82, 2.24) is 0 Å². The molecule has 0 aliphatic heterocycles. The van der Waals surface area contributed by atoms with Crippen molar-refractivity contribution in [2.45, 2.75) is 4.90 Å². The van der Waals surface area contributed by atoms with Gasteiger partial charge < -0.3 is 11.5 Å². The van der Waals surface area contributed by atoms with Gasteiger partial charge in [0.25, 0.3) is 0 Å². The molecule has 1 amide bonds. The van der Waals surface area contributed by atoms with Gasteiger partial charge in [-0.1, -0.05) is 15.9 Å². The van der Waals surface area contributed by atoms with Gasteiger partial charge in [0.15, 0.2) is 0 Å². The van der Waals surface area contributed by atoms with Crippen molar-refractivity contribution in [3.8, 4) is 0 Å². The molecule has 0 unspecified atom stereocenters. The van der Waals surface area contributed by atoms with Crippen molar-refractivity contribution >= 4 is 39.3 Å². The first-order valence-corrected chi connectivity index (χ1v) is 5.33. The predicted molar refractivity (Wildman–Crippen MR) is 58.5 cm³/mol. The minimum absolute atomic E-state index is 0.256. The van der Waals surface area contributed by atoms with Gasteiger partial charge in [-0.15, -0.1) is 11.8 Å². The lowest BCUT2D eigenvalue weighted by atomic mass is 10.3. The summed E-state index contributed by atoms with van der Waals surface area (Å²) in [7, 11) is 0. The minimum atomic E-state index is -0.340. The monoisotopic (exact) mass is 260 g/mol. The zero-order chi connectivity index (χ0) is 9.84. The fourth-order valence-electron chi connectivity index (χ4n) is 0.800. The van der Waals surface area contributed by atoms with Crippen molar-refractivity contribution < 1.29 is 4.79 Å². The van der Waals surface area contributed by atoms with E-state index in [1.807, 2.05) is 12.1 Å². The van der Waals surface area contributed by atoms with Crippen LogP contribution in [-0.2, 0) is 4.79 Å². The van der Waals surface area contributed by atoms with Crippen LogP contribution in [-0.4, -0.2) is 11.7 Å². The molecule has 1 rings (SSSR count). The molecule has 0 saturated heterocycles. The Labute approximate surface area is 89.0 Å². The van der Waals surface area contributed by atoms with Gasteiger partial charge in [-0.2, -0.15) is 0 Å². The Morgan fingerprint density at radius 3 is 2.77 bits per heavy atom. The molecule has 0 saturated carbocycles. The summed E-state index contributed by atoms with van der Waals surface area (Å²) in [5.41, 5.74) is 11.4. The number of rotatable bonds is 3. The third kappa shape index (κ3) is 3.28. The van der Waals surface area contributed by atoms with Gasteiger partial charge in [0, 0.05) is 15.1 Å². The third-order valence-electron chi connectivity index (χ3n) is 1.34. The number of nitrogen functional groups attached to an aromatic ring is 1. The number of hydrogen-bond donors (Lipinski definition) is 2. The Kier molecular flexibility index (Phi) is 3.62. The van der Waals surface area contributed by atoms with Crippen LogP contribution in [0.2, 0.25) is 0 Å². The molecule has 3 nitrogen and oxygen atoms in total. The van der Waals surface area contributed by atoms with Gasteiger partial charge in [-0.3, -0.25) is 4.79 Å². The molecule has 4 N–H and O–H groups in total. The first-order valence-electron chi connectivity index (χ1n) is 3.55. The molecule has 70 valence electrons. The first-order chi connectivity index (χ1) is 6.09. The van der Waals surface area contributed by atoms with E-state index in [4.69, 9.17) is 11.5 Å². The van der Waals surface area contributed by atoms with E-state index < -0.39 is 0 Å². The fraction of sp³-hybridized carbons (Fsp3) is 0.125. The Bertz CT molecular complexity index is 330. The second kappa shape index (κ2) is 4.53. The maximum absolute atomic E-state index is 10.5. The summed E-state index contributed by atoms with van der Waals surface area (Å²) in [6.07, 6.45) is 0. The van der Waals surface area contributed by atoms with E-state index in [0.717, 1.165) is 9.37 Å². The number of thioether (sulfide) groups is 1. The molecule has 0 aromatic heterocycles. The largest absolute Gasteiger partial charge is 0.398 e. The number of hydrogen-bond acceptors (Lipinski definition) is 3. The average molecular weight is 261 g/mol. The van der Waals surface area contributed by atoms with Crippen LogP contribution >= 0.6 is 27.7 Å². The summed E-state index contributed by atoms with van der Waals surface area (Å²) in [6.45, 7) is 0. The molecule has 13 heavy (non-hydrogen) atoms. The highest BCUT2D eigenvalue weighted by Gasteiger charge is 2.02. The predicted octanol–water partition coefficient (Wildman–Crippen LogP) is 1.61. The summed E-state index contributed by atoms with van der Waals surface area (Å²) < 4.78 is 0.924. The summed E-state index contributed by atoms with van der Waals surface area (Å²) in [6, 6.07) is 5.52. The van der Waals surface area contributed by atoms with Crippen LogP contribution < -0.4 is 11.5 Å². The van der Waals surface area contributed by atoms with E-state index >= 15 is 0 Å². The highest BCUT2D eigenvalue weighted by atomic mass is 79.9. The second-order valence-corrected chi connectivity index (χ2v) is 4.37. The number of carbonyl (C=O) groups is 1. The number of nitrogens with two attached hydrogens (primary N) is 2. The Balaban J connectivity index is 2.72. The molecule has 0 atom stereocenters. The average Bonchev–Trinajstić information content (AvgIpc) is 2.02. The molecule has 0 aliphatic rings. The van der Waals surface area contributed by atoms with Gasteiger partial charge in [0.2, 0.25) is 5.91 Å². The lowest BCUT2D eigenvalue weighted by Gasteiger charge is -2.03. The number of amides is 1. The van der Waals surface area contributed by atoms with Crippen molar-refractivity contribution in [3.63, 3.8) is 0 Å². The Hall–Kier alpha value is -0.680. The summed E-state index contributed by atoms with van der Waals surface area (Å²) in [5, 5.41) is 0. The molecular weight excluding hydrogens is 252 g/mol. The van der Waals surface area contributed by atoms with Gasteiger partial charge in [0.05, 0.1) is 5.75 Å². The SMILES string of the molecule is NC(=O)CSc1ccc(Br)cc1N. The zero-order valence-corrected chi connectivity index (χ0v) is 9.19. The standard InChI is InChI=1S/C8H9BrN2OS/c9-5-1-2-7(6(10)3-5)13-4-8(11)12/h1-3H,4,10H2,(H2,11,12). The number of anilines is 1. The molecule has 1 aromatic carbocycles. The lowest BCUT2D eigenvalue weighted by molar-refractivity contribution is -0.115. The maximum Gasteiger partial charge on any atom is 0.227 e. The van der Waals surface area contributed by atoms with Gasteiger partial charge in [0.1, 0.15) is 0 Å². The van der Waals surface area contributed by atoms with E-state index in [1.165, 1.54) is 11.8 Å². The van der Waals surface area contributed by atoms with E-state index in [-0.39, 0.29) is 11.7 Å². The summed E-state index contributed by atoms with van der Waals surface area (Å²) in [5.74, 6) is -0.0847. The quantitative estimate of drug-likeness (QED) is 0.641. The number of primary amides is 1. The van der Waals surface area contributed by atoms with E-state index in [9.17, 15) is 4.79 Å². The fourth-order valence-corrected chi connectivity index (χ4v) is 1.87. The van der Waals surface area contributed by atoms with E-state index in [1.54, 1.807) is 6.07 Å². The topological polar surface area (TPSA) is 69.1 Å².